The van der Waals surface area contributed by atoms with Gasteiger partial charge < -0.3 is 25.7 Å². The highest BCUT2D eigenvalue weighted by atomic mass is 16.5. The highest BCUT2D eigenvalue weighted by Gasteiger charge is 2.46. The first-order chi connectivity index (χ1) is 17.8. The van der Waals surface area contributed by atoms with Crippen LogP contribution in [0.3, 0.4) is 0 Å². The Hall–Kier alpha value is -4.73. The van der Waals surface area contributed by atoms with Gasteiger partial charge in [-0.05, 0) is 35.4 Å². The van der Waals surface area contributed by atoms with E-state index >= 15 is 0 Å². The summed E-state index contributed by atoms with van der Waals surface area (Å²) >= 11 is 0. The van der Waals surface area contributed by atoms with Gasteiger partial charge in [0, 0.05) is 35.2 Å². The zero-order valence-corrected chi connectivity index (χ0v) is 20.8. The van der Waals surface area contributed by atoms with Crippen molar-refractivity contribution in [3.8, 4) is 11.5 Å². The second-order valence-corrected chi connectivity index (χ2v) is 8.62. The Kier molecular flexibility index (Phi) is 7.19. The first-order valence-electron chi connectivity index (χ1n) is 11.5. The molecular weight excluding hydrogens is 472 g/mol. The summed E-state index contributed by atoms with van der Waals surface area (Å²) in [5.41, 5.74) is 16.8. The smallest absolute Gasteiger partial charge is 0.221 e. The number of hydrogen-bond acceptors (Lipinski definition) is 10. The summed E-state index contributed by atoms with van der Waals surface area (Å²) in [6, 6.07) is 11.0. The predicted molar refractivity (Wildman–Crippen MR) is 141 cm³/mol. The van der Waals surface area contributed by atoms with Crippen LogP contribution < -0.4 is 26.4 Å². The van der Waals surface area contributed by atoms with Gasteiger partial charge >= 0.3 is 0 Å². The van der Waals surface area contributed by atoms with E-state index in [0.29, 0.717) is 34.6 Å². The Labute approximate surface area is 214 Å². The molecule has 0 spiro atoms. The monoisotopic (exact) mass is 500 g/mol. The molecule has 37 heavy (non-hydrogen) atoms. The predicted octanol–water partition coefficient (Wildman–Crippen LogP) is 2.50. The number of anilines is 2. The molecular formula is C27H28N6O4. The molecule has 0 saturated carbocycles. The second kappa shape index (κ2) is 10.5. The van der Waals surface area contributed by atoms with Crippen LogP contribution in [-0.2, 0) is 21.5 Å². The van der Waals surface area contributed by atoms with Crippen molar-refractivity contribution in [2.75, 3.05) is 25.7 Å². The van der Waals surface area contributed by atoms with Crippen molar-refractivity contribution in [1.82, 2.24) is 15.4 Å². The molecule has 2 heterocycles. The normalized spacial score (nSPS) is 17.1. The number of ketones is 1. The van der Waals surface area contributed by atoms with Crippen molar-refractivity contribution < 1.29 is 19.1 Å². The Bertz CT molecular complexity index is 1400. The summed E-state index contributed by atoms with van der Waals surface area (Å²) in [4.78, 5) is 33.7. The van der Waals surface area contributed by atoms with E-state index in [1.807, 2.05) is 36.4 Å². The van der Waals surface area contributed by atoms with E-state index in [4.69, 9.17) is 20.9 Å². The van der Waals surface area contributed by atoms with E-state index in [1.54, 1.807) is 25.4 Å². The van der Waals surface area contributed by atoms with Crippen molar-refractivity contribution in [2.24, 2.45) is 11.0 Å². The standard InChI is InChI=1S/C27H28N6O4/c1-16(15-34)27(21-7-5-4-6-19(21)14-31-33-27)23(35)9-8-18-10-17(12-22(36-2)24(18)37-3)11-20-13-30-26(29)32-25(20)28/h4-10,12-16,33H,11H2,1-3H3,(H4,28,29,30,32)/b9-8+. The third-order valence-corrected chi connectivity index (χ3v) is 6.40. The quantitative estimate of drug-likeness (QED) is 0.297. The van der Waals surface area contributed by atoms with Crippen LogP contribution in [0.25, 0.3) is 6.08 Å². The largest absolute Gasteiger partial charge is 0.493 e. The molecule has 0 radical (unpaired) electrons. The van der Waals surface area contributed by atoms with Gasteiger partial charge in [-0.3, -0.25) is 10.2 Å². The van der Waals surface area contributed by atoms with Gasteiger partial charge in [0.05, 0.1) is 20.4 Å². The summed E-state index contributed by atoms with van der Waals surface area (Å²) in [6.45, 7) is 1.69. The average molecular weight is 501 g/mol. The number of rotatable bonds is 9. The zero-order chi connectivity index (χ0) is 26.6. The Morgan fingerprint density at radius 3 is 2.68 bits per heavy atom. The third kappa shape index (κ3) is 4.73. The minimum Gasteiger partial charge on any atom is -0.493 e. The van der Waals surface area contributed by atoms with Gasteiger partial charge in [0.15, 0.2) is 22.8 Å². The van der Waals surface area contributed by atoms with Crippen molar-refractivity contribution in [2.45, 2.75) is 18.9 Å². The molecule has 190 valence electrons. The number of nitrogens with two attached hydrogens (primary N) is 2. The number of aldehydes is 1. The number of methoxy groups -OCH3 is 2. The molecule has 4 rings (SSSR count). The molecule has 3 aromatic rings. The lowest BCUT2D eigenvalue weighted by molar-refractivity contribution is -0.127. The highest BCUT2D eigenvalue weighted by Crippen LogP contribution is 2.37. The van der Waals surface area contributed by atoms with Crippen LogP contribution in [-0.4, -0.2) is 42.5 Å². The molecule has 2 aromatic carbocycles. The summed E-state index contributed by atoms with van der Waals surface area (Å²) in [7, 11) is 3.05. The van der Waals surface area contributed by atoms with Gasteiger partial charge in [-0.2, -0.15) is 10.1 Å². The van der Waals surface area contributed by atoms with E-state index < -0.39 is 11.5 Å². The van der Waals surface area contributed by atoms with Crippen molar-refractivity contribution in [1.29, 1.82) is 0 Å². The molecule has 0 saturated heterocycles. The van der Waals surface area contributed by atoms with E-state index in [2.05, 4.69) is 20.5 Å². The number of hydrogen-bond donors (Lipinski definition) is 3. The lowest BCUT2D eigenvalue weighted by atomic mass is 9.74. The van der Waals surface area contributed by atoms with Crippen molar-refractivity contribution >= 4 is 36.1 Å². The molecule has 0 fully saturated rings. The van der Waals surface area contributed by atoms with E-state index in [9.17, 15) is 9.59 Å². The van der Waals surface area contributed by atoms with Gasteiger partial charge in [0.2, 0.25) is 5.95 Å². The molecule has 1 aromatic heterocycles. The van der Waals surface area contributed by atoms with Gasteiger partial charge in [-0.1, -0.05) is 31.2 Å². The number of carbonyl (C=O) groups is 2. The van der Waals surface area contributed by atoms with Crippen LogP contribution in [0.1, 0.15) is 34.7 Å². The zero-order valence-electron chi connectivity index (χ0n) is 20.8. The number of nitrogens with one attached hydrogen (secondary N) is 1. The Morgan fingerprint density at radius 2 is 1.97 bits per heavy atom. The molecule has 2 atom stereocenters. The molecule has 0 amide bonds. The lowest BCUT2D eigenvalue weighted by Gasteiger charge is -2.37. The van der Waals surface area contributed by atoms with Crippen LogP contribution in [0.5, 0.6) is 11.5 Å². The van der Waals surface area contributed by atoms with Crippen molar-refractivity contribution in [3.05, 3.63) is 76.5 Å². The van der Waals surface area contributed by atoms with Gasteiger partial charge in [0.1, 0.15) is 12.1 Å². The maximum Gasteiger partial charge on any atom is 0.221 e. The van der Waals surface area contributed by atoms with Gasteiger partial charge in [-0.25, -0.2) is 4.98 Å². The summed E-state index contributed by atoms with van der Waals surface area (Å²) < 4.78 is 11.1. The number of hydrazone groups is 1. The average Bonchev–Trinajstić information content (AvgIpc) is 2.91. The van der Waals surface area contributed by atoms with E-state index in [-0.39, 0.29) is 17.5 Å². The fraction of sp³-hybridized carbons (Fsp3) is 0.222. The molecule has 5 N–H and O–H groups in total. The van der Waals surface area contributed by atoms with Crippen LogP contribution in [0.2, 0.25) is 0 Å². The van der Waals surface area contributed by atoms with Crippen LogP contribution in [0.15, 0.2) is 53.8 Å². The van der Waals surface area contributed by atoms with Crippen molar-refractivity contribution in [3.63, 3.8) is 0 Å². The molecule has 1 aliphatic heterocycles. The van der Waals surface area contributed by atoms with Crippen LogP contribution in [0.4, 0.5) is 11.8 Å². The fourth-order valence-electron chi connectivity index (χ4n) is 4.46. The van der Waals surface area contributed by atoms with Crippen LogP contribution in [0, 0.1) is 5.92 Å². The number of fused-ring (bicyclic) bond motifs is 1. The number of nitrogens with zero attached hydrogens (tertiary/aromatic N) is 3. The minimum atomic E-state index is -1.35. The SMILES string of the molecule is COc1cc(Cc2cnc(N)nc2N)cc(/C=C/C(=O)C2(C(C)C=O)NN=Cc3ccccc32)c1OC. The molecule has 0 bridgehead atoms. The first kappa shape index (κ1) is 25.4. The first-order valence-corrected chi connectivity index (χ1v) is 11.5. The van der Waals surface area contributed by atoms with Crippen LogP contribution >= 0.6 is 0 Å². The summed E-state index contributed by atoms with van der Waals surface area (Å²) in [5.74, 6) is 0.268. The lowest BCUT2D eigenvalue weighted by Crippen LogP contribution is -2.53. The molecule has 2 unspecified atom stereocenters. The highest BCUT2D eigenvalue weighted by molar-refractivity contribution is 6.05. The number of ether oxygens (including phenoxy) is 2. The number of carbonyl (C=O) groups excluding carboxylic acids is 2. The van der Waals surface area contributed by atoms with Gasteiger partial charge in [-0.15, -0.1) is 0 Å². The Morgan fingerprint density at radius 1 is 1.19 bits per heavy atom. The maximum atomic E-state index is 13.8. The maximum absolute atomic E-state index is 13.8. The van der Waals surface area contributed by atoms with E-state index in [1.165, 1.54) is 20.3 Å². The molecule has 1 aliphatic rings. The minimum absolute atomic E-state index is 0.0939. The number of benzene rings is 2. The second-order valence-electron chi connectivity index (χ2n) is 8.62. The number of aromatic nitrogens is 2. The number of nitrogen functional groups attached to an aromatic ring is 2. The third-order valence-electron chi connectivity index (χ3n) is 6.40. The molecule has 10 heteroatoms. The Balaban J connectivity index is 1.75. The summed E-state index contributed by atoms with van der Waals surface area (Å²) in [5, 5.41) is 4.19. The molecule has 0 aliphatic carbocycles. The van der Waals surface area contributed by atoms with E-state index in [0.717, 1.165) is 17.4 Å². The summed E-state index contributed by atoms with van der Waals surface area (Å²) in [6.07, 6.45) is 7.41. The molecule has 10 nitrogen and oxygen atoms in total. The fourth-order valence-corrected chi connectivity index (χ4v) is 4.46. The van der Waals surface area contributed by atoms with Gasteiger partial charge in [0.25, 0.3) is 0 Å². The topological polar surface area (TPSA) is 155 Å².